The van der Waals surface area contributed by atoms with Gasteiger partial charge >= 0.3 is 5.97 Å². The molecule has 142 valence electrons. The van der Waals surface area contributed by atoms with Crippen molar-refractivity contribution in [3.63, 3.8) is 0 Å². The van der Waals surface area contributed by atoms with E-state index in [1.165, 1.54) is 18.3 Å². The smallest absolute Gasteiger partial charge is 0.317 e. The van der Waals surface area contributed by atoms with Crippen LogP contribution in [0.3, 0.4) is 0 Å². The van der Waals surface area contributed by atoms with Gasteiger partial charge in [0.2, 0.25) is 11.7 Å². The van der Waals surface area contributed by atoms with Gasteiger partial charge in [0, 0.05) is 11.8 Å². The topological polar surface area (TPSA) is 72.5 Å². The van der Waals surface area contributed by atoms with E-state index in [2.05, 4.69) is 5.32 Å². The lowest BCUT2D eigenvalue weighted by molar-refractivity contribution is -0.149. The number of rotatable bonds is 7. The van der Waals surface area contributed by atoms with Gasteiger partial charge < -0.3 is 10.1 Å². The molecule has 1 saturated carbocycles. The van der Waals surface area contributed by atoms with Crippen molar-refractivity contribution < 1.29 is 19.1 Å². The fraction of sp³-hybridized carbons (Fsp3) is 0.381. The first kappa shape index (κ1) is 19.3. The molecule has 0 aliphatic heterocycles. The van der Waals surface area contributed by atoms with Crippen molar-refractivity contribution in [1.82, 2.24) is 5.32 Å². The number of ketones is 1. The molecule has 1 aliphatic carbocycles. The fourth-order valence-electron chi connectivity index (χ4n) is 3.52. The summed E-state index contributed by atoms with van der Waals surface area (Å²) >= 11 is 1.31. The van der Waals surface area contributed by atoms with Crippen molar-refractivity contribution >= 4 is 29.0 Å². The Bertz CT molecular complexity index is 822. The molecule has 1 aromatic carbocycles. The number of benzene rings is 1. The van der Waals surface area contributed by atoms with Gasteiger partial charge in [-0.05, 0) is 30.5 Å². The zero-order chi connectivity index (χ0) is 19.3. The van der Waals surface area contributed by atoms with Gasteiger partial charge in [0.15, 0.2) is 6.61 Å². The van der Waals surface area contributed by atoms with E-state index >= 15 is 0 Å². The molecule has 0 saturated heterocycles. The van der Waals surface area contributed by atoms with Crippen molar-refractivity contribution in [2.75, 3.05) is 6.61 Å². The quantitative estimate of drug-likeness (QED) is 0.584. The molecule has 1 N–H and O–H groups in total. The zero-order valence-electron chi connectivity index (χ0n) is 15.3. The maximum atomic E-state index is 12.9. The average molecular weight is 385 g/mol. The maximum absolute atomic E-state index is 12.9. The summed E-state index contributed by atoms with van der Waals surface area (Å²) in [6.07, 6.45) is 3.47. The van der Waals surface area contributed by atoms with Crippen molar-refractivity contribution in [2.24, 2.45) is 0 Å². The second-order valence-corrected chi connectivity index (χ2v) is 8.00. The molecule has 2 aromatic rings. The first-order valence-corrected chi connectivity index (χ1v) is 9.92. The third-order valence-electron chi connectivity index (χ3n) is 4.96. The number of Topliss-reactive ketones (excluding diaryl/α,β-unsaturated/α-hetero) is 1. The lowest BCUT2D eigenvalue weighted by Crippen LogP contribution is -2.35. The summed E-state index contributed by atoms with van der Waals surface area (Å²) in [7, 11) is 0. The predicted octanol–water partition coefficient (Wildman–Crippen LogP) is 3.62. The molecular formula is C21H23NO4S. The van der Waals surface area contributed by atoms with Crippen LogP contribution in [0, 0.1) is 0 Å². The van der Waals surface area contributed by atoms with Crippen LogP contribution in [0.1, 0.15) is 52.7 Å². The van der Waals surface area contributed by atoms with Gasteiger partial charge in [0.1, 0.15) is 0 Å². The standard InChI is InChI=1S/C21H23NO4S/c1-15(23)22-13-17-9-10-19(27-17)18(24)14-26-20(25)21(11-5-6-12-21)16-7-3-2-4-8-16/h2-4,7-10H,5-6,11-14H2,1H3,(H,22,23). The Morgan fingerprint density at radius 3 is 2.44 bits per heavy atom. The summed E-state index contributed by atoms with van der Waals surface area (Å²) in [6.45, 7) is 1.59. The monoisotopic (exact) mass is 385 g/mol. The molecule has 1 amide bonds. The van der Waals surface area contributed by atoms with E-state index in [1.807, 2.05) is 30.3 Å². The van der Waals surface area contributed by atoms with Crippen LogP contribution in [0.2, 0.25) is 0 Å². The van der Waals surface area contributed by atoms with E-state index in [9.17, 15) is 14.4 Å². The van der Waals surface area contributed by atoms with Crippen LogP contribution in [0.15, 0.2) is 42.5 Å². The van der Waals surface area contributed by atoms with Crippen LogP contribution in [0.25, 0.3) is 0 Å². The minimum atomic E-state index is -0.631. The van der Waals surface area contributed by atoms with E-state index < -0.39 is 5.41 Å². The highest BCUT2D eigenvalue weighted by molar-refractivity contribution is 7.14. The lowest BCUT2D eigenvalue weighted by atomic mass is 9.79. The number of carbonyl (C=O) groups excluding carboxylic acids is 3. The van der Waals surface area contributed by atoms with Crippen molar-refractivity contribution in [2.45, 2.75) is 44.6 Å². The third kappa shape index (κ3) is 4.45. The van der Waals surface area contributed by atoms with Gasteiger partial charge in [0.25, 0.3) is 0 Å². The molecule has 0 radical (unpaired) electrons. The average Bonchev–Trinajstić information content (AvgIpc) is 3.35. The molecule has 27 heavy (non-hydrogen) atoms. The summed E-state index contributed by atoms with van der Waals surface area (Å²) < 4.78 is 5.46. The fourth-order valence-corrected chi connectivity index (χ4v) is 4.39. The molecule has 0 spiro atoms. The maximum Gasteiger partial charge on any atom is 0.317 e. The number of thiophene rings is 1. The van der Waals surface area contributed by atoms with Crippen LogP contribution >= 0.6 is 11.3 Å². The number of carbonyl (C=O) groups is 3. The van der Waals surface area contributed by atoms with E-state index in [4.69, 9.17) is 4.74 Å². The van der Waals surface area contributed by atoms with E-state index in [0.717, 1.165) is 36.1 Å². The van der Waals surface area contributed by atoms with Gasteiger partial charge in [-0.25, -0.2) is 0 Å². The first-order chi connectivity index (χ1) is 13.0. The SMILES string of the molecule is CC(=O)NCc1ccc(C(=O)COC(=O)C2(c3ccccc3)CCCC2)s1. The number of esters is 1. The molecule has 3 rings (SSSR count). The molecule has 5 nitrogen and oxygen atoms in total. The Morgan fingerprint density at radius 2 is 1.78 bits per heavy atom. The molecule has 1 fully saturated rings. The molecule has 0 unspecified atom stereocenters. The van der Waals surface area contributed by atoms with E-state index in [-0.39, 0.29) is 24.3 Å². The van der Waals surface area contributed by atoms with Gasteiger partial charge in [0.05, 0.1) is 16.8 Å². The Balaban J connectivity index is 1.62. The summed E-state index contributed by atoms with van der Waals surface area (Å²) in [4.78, 5) is 37.7. The van der Waals surface area contributed by atoms with Gasteiger partial charge in [-0.3, -0.25) is 14.4 Å². The number of hydrogen-bond acceptors (Lipinski definition) is 5. The van der Waals surface area contributed by atoms with Crippen LogP contribution < -0.4 is 5.32 Å². The van der Waals surface area contributed by atoms with Gasteiger partial charge in [-0.15, -0.1) is 11.3 Å². The highest BCUT2D eigenvalue weighted by atomic mass is 32.1. The number of ether oxygens (including phenoxy) is 1. The van der Waals surface area contributed by atoms with Crippen molar-refractivity contribution in [3.8, 4) is 0 Å². The minimum absolute atomic E-state index is 0.118. The van der Waals surface area contributed by atoms with Crippen LogP contribution in [0.5, 0.6) is 0 Å². The van der Waals surface area contributed by atoms with Crippen molar-refractivity contribution in [1.29, 1.82) is 0 Å². The molecule has 1 heterocycles. The van der Waals surface area contributed by atoms with Crippen LogP contribution in [-0.4, -0.2) is 24.3 Å². The Labute approximate surface area is 162 Å². The van der Waals surface area contributed by atoms with Gasteiger partial charge in [-0.2, -0.15) is 0 Å². The molecule has 1 aromatic heterocycles. The second kappa shape index (κ2) is 8.48. The Hall–Kier alpha value is -2.47. The largest absolute Gasteiger partial charge is 0.457 e. The Morgan fingerprint density at radius 1 is 1.07 bits per heavy atom. The Kier molecular flexibility index (Phi) is 6.06. The van der Waals surface area contributed by atoms with E-state index in [1.54, 1.807) is 12.1 Å². The van der Waals surface area contributed by atoms with E-state index in [0.29, 0.717) is 11.4 Å². The molecule has 6 heteroatoms. The minimum Gasteiger partial charge on any atom is -0.457 e. The number of amides is 1. The second-order valence-electron chi connectivity index (χ2n) is 6.83. The highest BCUT2D eigenvalue weighted by Gasteiger charge is 2.44. The molecule has 0 atom stereocenters. The summed E-state index contributed by atoms with van der Waals surface area (Å²) in [6, 6.07) is 13.2. The third-order valence-corrected chi connectivity index (χ3v) is 6.08. The van der Waals surface area contributed by atoms with Crippen molar-refractivity contribution in [3.05, 3.63) is 57.8 Å². The number of hydrogen-bond donors (Lipinski definition) is 1. The lowest BCUT2D eigenvalue weighted by Gasteiger charge is -2.27. The highest BCUT2D eigenvalue weighted by Crippen LogP contribution is 2.42. The van der Waals surface area contributed by atoms with Gasteiger partial charge in [-0.1, -0.05) is 43.2 Å². The molecule has 0 bridgehead atoms. The van der Waals surface area contributed by atoms with Crippen LogP contribution in [0.4, 0.5) is 0 Å². The normalized spacial score (nSPS) is 15.3. The summed E-state index contributed by atoms with van der Waals surface area (Å²) in [5.41, 5.74) is 0.335. The van der Waals surface area contributed by atoms with Crippen LogP contribution in [-0.2, 0) is 26.3 Å². The molecular weight excluding hydrogens is 362 g/mol. The summed E-state index contributed by atoms with van der Waals surface area (Å²) in [5.74, 6) is -0.647. The first-order valence-electron chi connectivity index (χ1n) is 9.10. The zero-order valence-corrected chi connectivity index (χ0v) is 16.1. The molecule has 1 aliphatic rings. The summed E-state index contributed by atoms with van der Waals surface area (Å²) in [5, 5.41) is 2.70. The number of nitrogens with one attached hydrogen (secondary N) is 1. The predicted molar refractivity (Wildman–Crippen MR) is 104 cm³/mol.